The molecule has 162 valence electrons. The molecule has 1 aromatic rings. The van der Waals surface area contributed by atoms with Crippen molar-refractivity contribution in [2.24, 2.45) is 0 Å². The summed E-state index contributed by atoms with van der Waals surface area (Å²) in [7, 11) is 1.78. The normalized spacial score (nSPS) is 16.8. The topological polar surface area (TPSA) is 99.0 Å². The molecule has 8 heteroatoms. The highest BCUT2D eigenvalue weighted by molar-refractivity contribution is 6.00. The summed E-state index contributed by atoms with van der Waals surface area (Å²) in [6.45, 7) is 9.02. The fraction of sp³-hybridized carbons (Fsp3) is 0.455. The average molecular weight is 416 g/mol. The molecule has 0 spiro atoms. The predicted octanol–water partition coefficient (Wildman–Crippen LogP) is 4.08. The Morgan fingerprint density at radius 2 is 1.87 bits per heavy atom. The Morgan fingerprint density at radius 3 is 2.40 bits per heavy atom. The number of nitro benzene ring substituents is 1. The molecule has 1 unspecified atom stereocenters. The third kappa shape index (κ3) is 4.53. The van der Waals surface area contributed by atoms with Crippen LogP contribution in [0, 0.1) is 10.1 Å². The van der Waals surface area contributed by atoms with E-state index in [0.29, 0.717) is 29.0 Å². The SMILES string of the molecule is CCOC(=O)C1=C(CC)N(C)C(C)=C(C(=O)OC(C)C)C1c1cccc([N+](=O)[O-])c1. The van der Waals surface area contributed by atoms with Crippen molar-refractivity contribution in [2.75, 3.05) is 13.7 Å². The van der Waals surface area contributed by atoms with Crippen molar-refractivity contribution in [2.45, 2.75) is 53.1 Å². The highest BCUT2D eigenvalue weighted by Gasteiger charge is 2.41. The van der Waals surface area contributed by atoms with Gasteiger partial charge in [0.1, 0.15) is 0 Å². The van der Waals surface area contributed by atoms with E-state index in [4.69, 9.17) is 9.47 Å². The van der Waals surface area contributed by atoms with Crippen LogP contribution in [0.4, 0.5) is 5.69 Å². The third-order valence-electron chi connectivity index (χ3n) is 4.99. The van der Waals surface area contributed by atoms with E-state index in [0.717, 1.165) is 0 Å². The molecule has 1 heterocycles. The van der Waals surface area contributed by atoms with Gasteiger partial charge >= 0.3 is 11.9 Å². The molecule has 0 radical (unpaired) electrons. The molecule has 0 aromatic heterocycles. The molecule has 0 fully saturated rings. The number of esters is 2. The maximum absolute atomic E-state index is 13.1. The summed E-state index contributed by atoms with van der Waals surface area (Å²) < 4.78 is 10.8. The summed E-state index contributed by atoms with van der Waals surface area (Å²) >= 11 is 0. The summed E-state index contributed by atoms with van der Waals surface area (Å²) in [6.07, 6.45) is 0.149. The van der Waals surface area contributed by atoms with Crippen molar-refractivity contribution in [1.82, 2.24) is 4.90 Å². The number of ether oxygens (including phenoxy) is 2. The average Bonchev–Trinajstić information content (AvgIpc) is 2.68. The van der Waals surface area contributed by atoms with Crippen LogP contribution in [0.15, 0.2) is 46.8 Å². The van der Waals surface area contributed by atoms with Gasteiger partial charge in [-0.3, -0.25) is 10.1 Å². The molecule has 0 saturated carbocycles. The molecule has 30 heavy (non-hydrogen) atoms. The minimum Gasteiger partial charge on any atom is -0.463 e. The number of hydrogen-bond acceptors (Lipinski definition) is 7. The number of carbonyl (C=O) groups is 2. The van der Waals surface area contributed by atoms with Gasteiger partial charge in [0.05, 0.1) is 34.7 Å². The van der Waals surface area contributed by atoms with Gasteiger partial charge in [-0.2, -0.15) is 0 Å². The van der Waals surface area contributed by atoms with Crippen molar-refractivity contribution in [3.8, 4) is 0 Å². The number of nitrogens with zero attached hydrogens (tertiary/aromatic N) is 2. The zero-order valence-electron chi connectivity index (χ0n) is 18.2. The molecule has 2 rings (SSSR count). The van der Waals surface area contributed by atoms with Gasteiger partial charge in [0.15, 0.2) is 0 Å². The van der Waals surface area contributed by atoms with Gasteiger partial charge in [-0.15, -0.1) is 0 Å². The second-order valence-corrected chi connectivity index (χ2v) is 7.23. The van der Waals surface area contributed by atoms with Crippen LogP contribution in [0.3, 0.4) is 0 Å². The van der Waals surface area contributed by atoms with Crippen LogP contribution < -0.4 is 0 Å². The van der Waals surface area contributed by atoms with E-state index in [1.54, 1.807) is 51.8 Å². The Hall–Kier alpha value is -3.16. The lowest BCUT2D eigenvalue weighted by Crippen LogP contribution is -2.34. The molecule has 0 amide bonds. The van der Waals surface area contributed by atoms with Crippen LogP contribution in [-0.2, 0) is 19.1 Å². The van der Waals surface area contributed by atoms with Gasteiger partial charge < -0.3 is 14.4 Å². The van der Waals surface area contributed by atoms with Crippen LogP contribution in [0.2, 0.25) is 0 Å². The van der Waals surface area contributed by atoms with Crippen molar-refractivity contribution in [3.63, 3.8) is 0 Å². The highest BCUT2D eigenvalue weighted by atomic mass is 16.6. The summed E-state index contributed by atoms with van der Waals surface area (Å²) in [6, 6.07) is 5.97. The van der Waals surface area contributed by atoms with E-state index in [1.165, 1.54) is 12.1 Å². The van der Waals surface area contributed by atoms with Crippen LogP contribution >= 0.6 is 0 Å². The molecule has 1 aromatic carbocycles. The van der Waals surface area contributed by atoms with Crippen molar-refractivity contribution < 1.29 is 24.0 Å². The molecule has 1 aliphatic rings. The molecule has 0 aliphatic carbocycles. The lowest BCUT2D eigenvalue weighted by Gasteiger charge is -2.37. The standard InChI is InChI=1S/C22H28N2O6/c1-7-17-20(21(25)29-8-2)19(15-10-9-11-16(12-15)24(27)28)18(14(5)23(17)6)22(26)30-13(3)4/h9-13,19H,7-8H2,1-6H3. The van der Waals surface area contributed by atoms with E-state index in [2.05, 4.69) is 0 Å². The number of rotatable bonds is 7. The first-order chi connectivity index (χ1) is 14.1. The Kier molecular flexibility index (Phi) is 7.37. The van der Waals surface area contributed by atoms with Gasteiger partial charge in [0, 0.05) is 30.6 Å². The lowest BCUT2D eigenvalue weighted by molar-refractivity contribution is -0.384. The maximum Gasteiger partial charge on any atom is 0.337 e. The first-order valence-electron chi connectivity index (χ1n) is 9.93. The second kappa shape index (κ2) is 9.56. The molecule has 0 bridgehead atoms. The number of carbonyl (C=O) groups excluding carboxylic acids is 2. The largest absolute Gasteiger partial charge is 0.463 e. The van der Waals surface area contributed by atoms with Crippen molar-refractivity contribution in [3.05, 3.63) is 62.5 Å². The van der Waals surface area contributed by atoms with Gasteiger partial charge in [0.2, 0.25) is 0 Å². The lowest BCUT2D eigenvalue weighted by atomic mass is 9.79. The first kappa shape index (κ1) is 23.1. The Labute approximate surface area is 176 Å². The van der Waals surface area contributed by atoms with Gasteiger partial charge in [0.25, 0.3) is 5.69 Å². The molecular weight excluding hydrogens is 388 g/mol. The number of non-ortho nitro benzene ring substituents is 1. The Morgan fingerprint density at radius 1 is 1.20 bits per heavy atom. The third-order valence-corrected chi connectivity index (χ3v) is 4.99. The number of allylic oxidation sites excluding steroid dienone is 2. The van der Waals surface area contributed by atoms with E-state index in [1.807, 2.05) is 6.92 Å². The summed E-state index contributed by atoms with van der Waals surface area (Å²) in [5.41, 5.74) is 2.23. The molecule has 8 nitrogen and oxygen atoms in total. The zero-order chi connectivity index (χ0) is 22.6. The minimum absolute atomic E-state index is 0.123. The van der Waals surface area contributed by atoms with E-state index in [-0.39, 0.29) is 24.0 Å². The molecule has 0 saturated heterocycles. The zero-order valence-corrected chi connectivity index (χ0v) is 18.2. The predicted molar refractivity (Wildman–Crippen MR) is 111 cm³/mol. The van der Waals surface area contributed by atoms with Crippen molar-refractivity contribution >= 4 is 17.6 Å². The first-order valence-corrected chi connectivity index (χ1v) is 9.93. The van der Waals surface area contributed by atoms with E-state index >= 15 is 0 Å². The second-order valence-electron chi connectivity index (χ2n) is 7.23. The van der Waals surface area contributed by atoms with Crippen LogP contribution in [0.5, 0.6) is 0 Å². The quantitative estimate of drug-likeness (QED) is 0.375. The summed E-state index contributed by atoms with van der Waals surface area (Å²) in [4.78, 5) is 38.7. The fourth-order valence-corrected chi connectivity index (χ4v) is 3.65. The minimum atomic E-state index is -0.832. The Bertz CT molecular complexity index is 916. The van der Waals surface area contributed by atoms with E-state index < -0.39 is 22.8 Å². The van der Waals surface area contributed by atoms with Crippen LogP contribution in [-0.4, -0.2) is 41.5 Å². The van der Waals surface area contributed by atoms with E-state index in [9.17, 15) is 19.7 Å². The number of nitro groups is 1. The summed E-state index contributed by atoms with van der Waals surface area (Å²) in [5.74, 6) is -1.95. The number of benzene rings is 1. The van der Waals surface area contributed by atoms with Gasteiger partial charge in [-0.1, -0.05) is 19.1 Å². The summed E-state index contributed by atoms with van der Waals surface area (Å²) in [5, 5.41) is 11.3. The number of hydrogen-bond donors (Lipinski definition) is 0. The molecule has 1 aliphatic heterocycles. The fourth-order valence-electron chi connectivity index (χ4n) is 3.65. The maximum atomic E-state index is 13.1. The smallest absolute Gasteiger partial charge is 0.337 e. The van der Waals surface area contributed by atoms with Gasteiger partial charge in [-0.25, -0.2) is 9.59 Å². The van der Waals surface area contributed by atoms with Crippen LogP contribution in [0.25, 0.3) is 0 Å². The van der Waals surface area contributed by atoms with Crippen molar-refractivity contribution in [1.29, 1.82) is 0 Å². The molecular formula is C22H28N2O6. The molecule has 0 N–H and O–H groups in total. The molecule has 1 atom stereocenters. The van der Waals surface area contributed by atoms with Gasteiger partial charge in [-0.05, 0) is 39.7 Å². The monoisotopic (exact) mass is 416 g/mol. The Balaban J connectivity index is 2.81. The highest BCUT2D eigenvalue weighted by Crippen LogP contribution is 2.43. The van der Waals surface area contributed by atoms with Crippen LogP contribution in [0.1, 0.15) is 52.5 Å².